The van der Waals surface area contributed by atoms with Gasteiger partial charge in [-0.1, -0.05) is 19.0 Å². The molecule has 1 aliphatic heterocycles. The Bertz CT molecular complexity index is 617. The number of carbonyl (C=O) groups is 3. The first kappa shape index (κ1) is 18.0. The van der Waals surface area contributed by atoms with Gasteiger partial charge in [-0.25, -0.2) is 0 Å². The molecule has 0 saturated carbocycles. The molecule has 0 bridgehead atoms. The molecule has 1 aromatic rings. The molecule has 2 heterocycles. The zero-order valence-electron chi connectivity index (χ0n) is 14.2. The molecular formula is C16H23N3O5. The van der Waals surface area contributed by atoms with Crippen molar-refractivity contribution < 1.29 is 24.0 Å². The topological polar surface area (TPSA) is 104 Å². The van der Waals surface area contributed by atoms with Gasteiger partial charge in [-0.3, -0.25) is 14.4 Å². The van der Waals surface area contributed by atoms with Crippen LogP contribution in [0.5, 0.6) is 0 Å². The van der Waals surface area contributed by atoms with Gasteiger partial charge in [0.1, 0.15) is 0 Å². The molecule has 0 spiro atoms. The summed E-state index contributed by atoms with van der Waals surface area (Å²) in [6, 6.07) is 1.59. The van der Waals surface area contributed by atoms with Crippen molar-refractivity contribution in [3.63, 3.8) is 0 Å². The fraction of sp³-hybridized carbons (Fsp3) is 0.625. The summed E-state index contributed by atoms with van der Waals surface area (Å²) in [4.78, 5) is 38.4. The number of carbonyl (C=O) groups excluding carboxylic acids is 2. The monoisotopic (exact) mass is 337 g/mol. The van der Waals surface area contributed by atoms with Gasteiger partial charge in [0.05, 0.1) is 18.2 Å². The Morgan fingerprint density at radius 3 is 2.50 bits per heavy atom. The van der Waals surface area contributed by atoms with Crippen LogP contribution in [0.3, 0.4) is 0 Å². The van der Waals surface area contributed by atoms with Gasteiger partial charge in [-0.05, 0) is 18.8 Å². The lowest BCUT2D eigenvalue weighted by molar-refractivity contribution is -0.145. The number of likely N-dealkylation sites (tertiary alicyclic amines) is 1. The second-order valence-corrected chi connectivity index (χ2v) is 6.43. The van der Waals surface area contributed by atoms with Crippen LogP contribution in [0.1, 0.15) is 48.9 Å². The molecule has 1 N–H and O–H groups in total. The van der Waals surface area contributed by atoms with Gasteiger partial charge in [-0.15, -0.1) is 0 Å². The SMILES string of the molecule is CC(C)c1cc(C(=O)N(C)CC(=O)N2CCC(C(=O)O)CC2)on1. The lowest BCUT2D eigenvalue weighted by Gasteiger charge is -2.31. The maximum atomic E-state index is 12.3. The van der Waals surface area contributed by atoms with E-state index >= 15 is 0 Å². The maximum absolute atomic E-state index is 12.3. The fourth-order valence-corrected chi connectivity index (χ4v) is 2.60. The van der Waals surface area contributed by atoms with Crippen molar-refractivity contribution in [3.8, 4) is 0 Å². The van der Waals surface area contributed by atoms with E-state index in [4.69, 9.17) is 9.63 Å². The van der Waals surface area contributed by atoms with Crippen LogP contribution >= 0.6 is 0 Å². The molecule has 1 fully saturated rings. The molecule has 0 unspecified atom stereocenters. The summed E-state index contributed by atoms with van der Waals surface area (Å²) in [5, 5.41) is 12.8. The highest BCUT2D eigenvalue weighted by Gasteiger charge is 2.28. The molecule has 8 nitrogen and oxygen atoms in total. The van der Waals surface area contributed by atoms with E-state index in [-0.39, 0.29) is 24.1 Å². The van der Waals surface area contributed by atoms with Crippen molar-refractivity contribution in [1.82, 2.24) is 15.0 Å². The van der Waals surface area contributed by atoms with Crippen molar-refractivity contribution in [2.45, 2.75) is 32.6 Å². The predicted molar refractivity (Wildman–Crippen MR) is 84.5 cm³/mol. The number of carboxylic acid groups (broad SMARTS) is 1. The van der Waals surface area contributed by atoms with Gasteiger partial charge in [-0.2, -0.15) is 0 Å². The average molecular weight is 337 g/mol. The van der Waals surface area contributed by atoms with E-state index in [1.165, 1.54) is 11.9 Å². The van der Waals surface area contributed by atoms with Crippen LogP contribution < -0.4 is 0 Å². The summed E-state index contributed by atoms with van der Waals surface area (Å²) < 4.78 is 5.04. The summed E-state index contributed by atoms with van der Waals surface area (Å²) in [7, 11) is 1.53. The number of hydrogen-bond donors (Lipinski definition) is 1. The Kier molecular flexibility index (Phi) is 5.58. The molecule has 0 atom stereocenters. The van der Waals surface area contributed by atoms with Crippen LogP contribution in [0.15, 0.2) is 10.6 Å². The van der Waals surface area contributed by atoms with Crippen LogP contribution in [0.25, 0.3) is 0 Å². The molecule has 24 heavy (non-hydrogen) atoms. The maximum Gasteiger partial charge on any atom is 0.306 e. The van der Waals surface area contributed by atoms with Crippen molar-refractivity contribution in [1.29, 1.82) is 0 Å². The Morgan fingerprint density at radius 2 is 2.00 bits per heavy atom. The van der Waals surface area contributed by atoms with Crippen LogP contribution in [-0.2, 0) is 9.59 Å². The Morgan fingerprint density at radius 1 is 1.38 bits per heavy atom. The van der Waals surface area contributed by atoms with Gasteiger partial charge in [0.2, 0.25) is 11.7 Å². The highest BCUT2D eigenvalue weighted by molar-refractivity contribution is 5.94. The molecular weight excluding hydrogens is 314 g/mol. The van der Waals surface area contributed by atoms with E-state index in [0.29, 0.717) is 31.6 Å². The Hall–Kier alpha value is -2.38. The van der Waals surface area contributed by atoms with Crippen LogP contribution in [0, 0.1) is 5.92 Å². The minimum absolute atomic E-state index is 0.0751. The summed E-state index contributed by atoms with van der Waals surface area (Å²) in [6.45, 7) is 4.61. The third-order valence-electron chi connectivity index (χ3n) is 4.25. The van der Waals surface area contributed by atoms with E-state index in [2.05, 4.69) is 5.16 Å². The number of rotatable bonds is 5. The molecule has 1 aromatic heterocycles. The third kappa shape index (κ3) is 4.12. The molecule has 0 radical (unpaired) electrons. The molecule has 2 amide bonds. The first-order valence-corrected chi connectivity index (χ1v) is 8.02. The van der Waals surface area contributed by atoms with Gasteiger partial charge in [0.15, 0.2) is 0 Å². The summed E-state index contributed by atoms with van der Waals surface area (Å²) >= 11 is 0. The minimum atomic E-state index is -0.819. The number of aliphatic carboxylic acids is 1. The lowest BCUT2D eigenvalue weighted by atomic mass is 9.97. The molecule has 1 aliphatic rings. The quantitative estimate of drug-likeness (QED) is 0.865. The summed E-state index contributed by atoms with van der Waals surface area (Å²) in [5.41, 5.74) is 0.689. The first-order chi connectivity index (χ1) is 11.3. The van der Waals surface area contributed by atoms with Gasteiger partial charge >= 0.3 is 5.97 Å². The van der Waals surface area contributed by atoms with Crippen molar-refractivity contribution in [3.05, 3.63) is 17.5 Å². The largest absolute Gasteiger partial charge is 0.481 e. The lowest BCUT2D eigenvalue weighted by Crippen LogP contribution is -2.45. The second kappa shape index (κ2) is 7.46. The van der Waals surface area contributed by atoms with Crippen LogP contribution in [0.4, 0.5) is 0 Å². The zero-order chi connectivity index (χ0) is 17.9. The van der Waals surface area contributed by atoms with E-state index in [9.17, 15) is 14.4 Å². The van der Waals surface area contributed by atoms with Gasteiger partial charge < -0.3 is 19.4 Å². The smallest absolute Gasteiger partial charge is 0.306 e. The normalized spacial score (nSPS) is 15.6. The predicted octanol–water partition coefficient (Wildman–Crippen LogP) is 1.19. The average Bonchev–Trinajstić information content (AvgIpc) is 3.04. The summed E-state index contributed by atoms with van der Waals surface area (Å²) in [5.74, 6) is -1.55. The van der Waals surface area contributed by atoms with Gasteiger partial charge in [0.25, 0.3) is 5.91 Å². The molecule has 0 aromatic carbocycles. The number of nitrogens with zero attached hydrogens (tertiary/aromatic N) is 3. The highest BCUT2D eigenvalue weighted by Crippen LogP contribution is 2.18. The molecule has 132 valence electrons. The van der Waals surface area contributed by atoms with Crippen molar-refractivity contribution in [2.24, 2.45) is 5.92 Å². The number of likely N-dealkylation sites (N-methyl/N-ethyl adjacent to an activating group) is 1. The Balaban J connectivity index is 1.89. The van der Waals surface area contributed by atoms with Crippen molar-refractivity contribution >= 4 is 17.8 Å². The number of aromatic nitrogens is 1. The second-order valence-electron chi connectivity index (χ2n) is 6.43. The van der Waals surface area contributed by atoms with E-state index < -0.39 is 17.8 Å². The van der Waals surface area contributed by atoms with Gasteiger partial charge in [0, 0.05) is 26.2 Å². The minimum Gasteiger partial charge on any atom is -0.481 e. The zero-order valence-corrected chi connectivity index (χ0v) is 14.2. The Labute approximate surface area is 140 Å². The molecule has 8 heteroatoms. The first-order valence-electron chi connectivity index (χ1n) is 8.02. The van der Waals surface area contributed by atoms with Crippen LogP contribution in [0.2, 0.25) is 0 Å². The fourth-order valence-electron chi connectivity index (χ4n) is 2.60. The number of piperidine rings is 1. The molecule has 0 aliphatic carbocycles. The van der Waals surface area contributed by atoms with Crippen molar-refractivity contribution in [2.75, 3.05) is 26.7 Å². The van der Waals surface area contributed by atoms with Crippen LogP contribution in [-0.4, -0.2) is 64.5 Å². The number of amides is 2. The standard InChI is InChI=1S/C16H23N3O5/c1-10(2)12-8-13(24-17-12)15(21)18(3)9-14(20)19-6-4-11(5-7-19)16(22)23/h8,10-11H,4-7,9H2,1-3H3,(H,22,23). The van der Waals surface area contributed by atoms with E-state index in [0.717, 1.165) is 0 Å². The van der Waals surface area contributed by atoms with E-state index in [1.807, 2.05) is 13.8 Å². The van der Waals surface area contributed by atoms with E-state index in [1.54, 1.807) is 11.0 Å². The number of hydrogen-bond acceptors (Lipinski definition) is 5. The molecule has 2 rings (SSSR count). The molecule has 1 saturated heterocycles. The third-order valence-corrected chi connectivity index (χ3v) is 4.25. The highest BCUT2D eigenvalue weighted by atomic mass is 16.5. The summed E-state index contributed by atoms with van der Waals surface area (Å²) in [6.07, 6.45) is 0.886. The number of carboxylic acids is 1.